The zero-order valence-electron chi connectivity index (χ0n) is 9.52. The monoisotopic (exact) mass is 255 g/mol. The van der Waals surface area contributed by atoms with Crippen LogP contribution in [0.5, 0.6) is 0 Å². The predicted octanol–water partition coefficient (Wildman–Crippen LogP) is 2.05. The van der Waals surface area contributed by atoms with Crippen LogP contribution in [-0.4, -0.2) is 30.6 Å². The average molecular weight is 256 g/mol. The normalized spacial score (nSPS) is 20.4. The number of benzene rings is 1. The molecule has 0 amide bonds. The van der Waals surface area contributed by atoms with Crippen LogP contribution in [0, 0.1) is 10.1 Å². The molecule has 1 saturated heterocycles. The summed E-state index contributed by atoms with van der Waals surface area (Å²) < 4.78 is 0. The number of anilines is 1. The van der Waals surface area contributed by atoms with E-state index in [1.54, 1.807) is 18.2 Å². The fourth-order valence-corrected chi connectivity index (χ4v) is 2.33. The molecule has 1 fully saturated rings. The van der Waals surface area contributed by atoms with Crippen molar-refractivity contribution in [2.24, 2.45) is 0 Å². The standard InChI is InChI=1S/C11H14ClN3O2/c1-8-7-14(6-5-13-8)10-4-2-3-9(12)11(10)15(16)17/h2-4,8,13H,5-7H2,1H3. The molecule has 6 heteroatoms. The van der Waals surface area contributed by atoms with E-state index in [1.807, 2.05) is 4.90 Å². The van der Waals surface area contributed by atoms with Crippen molar-refractivity contribution in [3.8, 4) is 0 Å². The number of nitrogens with one attached hydrogen (secondary N) is 1. The largest absolute Gasteiger partial charge is 0.363 e. The molecule has 2 rings (SSSR count). The second kappa shape index (κ2) is 4.89. The van der Waals surface area contributed by atoms with Crippen LogP contribution in [0.4, 0.5) is 11.4 Å². The molecular formula is C11H14ClN3O2. The maximum atomic E-state index is 11.0. The third-order valence-corrected chi connectivity index (χ3v) is 3.16. The second-order valence-corrected chi connectivity index (χ2v) is 4.57. The van der Waals surface area contributed by atoms with Gasteiger partial charge in [-0.3, -0.25) is 10.1 Å². The topological polar surface area (TPSA) is 58.4 Å². The second-order valence-electron chi connectivity index (χ2n) is 4.17. The van der Waals surface area contributed by atoms with Crippen LogP contribution in [0.15, 0.2) is 18.2 Å². The van der Waals surface area contributed by atoms with E-state index >= 15 is 0 Å². The number of hydrogen-bond acceptors (Lipinski definition) is 4. The van der Waals surface area contributed by atoms with Gasteiger partial charge in [-0.15, -0.1) is 0 Å². The number of nitro benzene ring substituents is 1. The van der Waals surface area contributed by atoms with Crippen LogP contribution in [0.2, 0.25) is 5.02 Å². The fraction of sp³-hybridized carbons (Fsp3) is 0.455. The molecule has 0 aromatic heterocycles. The molecular weight excluding hydrogens is 242 g/mol. The number of rotatable bonds is 2. The molecule has 1 aromatic carbocycles. The van der Waals surface area contributed by atoms with E-state index in [2.05, 4.69) is 12.2 Å². The molecule has 0 saturated carbocycles. The van der Waals surface area contributed by atoms with E-state index in [-0.39, 0.29) is 10.7 Å². The van der Waals surface area contributed by atoms with Gasteiger partial charge in [0, 0.05) is 25.7 Å². The lowest BCUT2D eigenvalue weighted by atomic mass is 10.2. The van der Waals surface area contributed by atoms with Crippen molar-refractivity contribution in [3.63, 3.8) is 0 Å². The minimum atomic E-state index is -0.412. The average Bonchev–Trinajstić information content (AvgIpc) is 2.28. The summed E-state index contributed by atoms with van der Waals surface area (Å²) in [6.45, 7) is 4.39. The van der Waals surface area contributed by atoms with Crippen molar-refractivity contribution < 1.29 is 4.92 Å². The molecule has 1 aliphatic heterocycles. The lowest BCUT2D eigenvalue weighted by Gasteiger charge is -2.33. The van der Waals surface area contributed by atoms with Crippen molar-refractivity contribution in [2.75, 3.05) is 24.5 Å². The van der Waals surface area contributed by atoms with Crippen LogP contribution in [-0.2, 0) is 0 Å². The quantitative estimate of drug-likeness (QED) is 0.649. The molecule has 1 aromatic rings. The Morgan fingerprint density at radius 3 is 3.00 bits per heavy atom. The molecule has 1 aliphatic rings. The summed E-state index contributed by atoms with van der Waals surface area (Å²) in [5.41, 5.74) is 0.610. The smallest absolute Gasteiger partial charge is 0.310 e. The Kier molecular flexibility index (Phi) is 3.49. The first kappa shape index (κ1) is 12.1. The summed E-state index contributed by atoms with van der Waals surface area (Å²) in [5.74, 6) is 0. The van der Waals surface area contributed by atoms with Crippen molar-refractivity contribution in [1.29, 1.82) is 0 Å². The highest BCUT2D eigenvalue weighted by atomic mass is 35.5. The molecule has 1 heterocycles. The highest BCUT2D eigenvalue weighted by Crippen LogP contribution is 2.35. The van der Waals surface area contributed by atoms with E-state index in [0.29, 0.717) is 11.7 Å². The van der Waals surface area contributed by atoms with Crippen LogP contribution in [0.1, 0.15) is 6.92 Å². The first-order chi connectivity index (χ1) is 8.09. The molecule has 17 heavy (non-hydrogen) atoms. The molecule has 1 N–H and O–H groups in total. The Morgan fingerprint density at radius 2 is 2.35 bits per heavy atom. The van der Waals surface area contributed by atoms with Crippen molar-refractivity contribution in [2.45, 2.75) is 13.0 Å². The van der Waals surface area contributed by atoms with Gasteiger partial charge in [0.05, 0.1) is 4.92 Å². The van der Waals surface area contributed by atoms with Crippen molar-refractivity contribution in [3.05, 3.63) is 33.3 Å². The van der Waals surface area contributed by atoms with E-state index in [0.717, 1.165) is 19.6 Å². The maximum Gasteiger partial charge on any atom is 0.310 e. The minimum absolute atomic E-state index is 0.00302. The van der Waals surface area contributed by atoms with E-state index < -0.39 is 4.92 Å². The van der Waals surface area contributed by atoms with Crippen molar-refractivity contribution >= 4 is 23.0 Å². The Hall–Kier alpha value is -1.33. The van der Waals surface area contributed by atoms with Gasteiger partial charge in [0.15, 0.2) is 0 Å². The van der Waals surface area contributed by atoms with Gasteiger partial charge < -0.3 is 10.2 Å². The molecule has 1 unspecified atom stereocenters. The van der Waals surface area contributed by atoms with E-state index in [1.165, 1.54) is 0 Å². The van der Waals surface area contributed by atoms with Crippen LogP contribution >= 0.6 is 11.6 Å². The maximum absolute atomic E-state index is 11.0. The molecule has 0 bridgehead atoms. The lowest BCUT2D eigenvalue weighted by molar-refractivity contribution is -0.384. The predicted molar refractivity (Wildman–Crippen MR) is 67.8 cm³/mol. The number of nitrogens with zero attached hydrogens (tertiary/aromatic N) is 2. The van der Waals surface area contributed by atoms with Crippen LogP contribution in [0.3, 0.4) is 0 Å². The first-order valence-electron chi connectivity index (χ1n) is 5.51. The minimum Gasteiger partial charge on any atom is -0.363 e. The lowest BCUT2D eigenvalue weighted by Crippen LogP contribution is -2.49. The molecule has 0 aliphatic carbocycles. The number of halogens is 1. The van der Waals surface area contributed by atoms with E-state index in [9.17, 15) is 10.1 Å². The van der Waals surface area contributed by atoms with Gasteiger partial charge in [-0.1, -0.05) is 17.7 Å². The number of piperazine rings is 1. The van der Waals surface area contributed by atoms with Gasteiger partial charge in [-0.25, -0.2) is 0 Å². The Bertz CT molecular complexity index is 439. The summed E-state index contributed by atoms with van der Waals surface area (Å²) in [4.78, 5) is 12.6. The highest BCUT2D eigenvalue weighted by molar-refractivity contribution is 6.33. The summed E-state index contributed by atoms with van der Waals surface area (Å²) in [6, 6.07) is 5.37. The highest BCUT2D eigenvalue weighted by Gasteiger charge is 2.25. The van der Waals surface area contributed by atoms with Crippen LogP contribution < -0.4 is 10.2 Å². The van der Waals surface area contributed by atoms with Gasteiger partial charge in [0.2, 0.25) is 0 Å². The number of para-hydroxylation sites is 1. The Balaban J connectivity index is 2.37. The molecule has 0 radical (unpaired) electrons. The summed E-state index contributed by atoms with van der Waals surface area (Å²) >= 11 is 5.90. The molecule has 0 spiro atoms. The summed E-state index contributed by atoms with van der Waals surface area (Å²) in [6.07, 6.45) is 0. The molecule has 92 valence electrons. The third kappa shape index (κ3) is 2.50. The third-order valence-electron chi connectivity index (χ3n) is 2.86. The fourth-order valence-electron chi connectivity index (χ4n) is 2.09. The zero-order chi connectivity index (χ0) is 12.4. The van der Waals surface area contributed by atoms with Crippen molar-refractivity contribution in [1.82, 2.24) is 5.32 Å². The van der Waals surface area contributed by atoms with Gasteiger partial charge >= 0.3 is 5.69 Å². The Labute approximate surface area is 105 Å². The zero-order valence-corrected chi connectivity index (χ0v) is 10.3. The van der Waals surface area contributed by atoms with Gasteiger partial charge in [0.1, 0.15) is 10.7 Å². The Morgan fingerprint density at radius 1 is 1.59 bits per heavy atom. The summed E-state index contributed by atoms with van der Waals surface area (Å²) in [5, 5.41) is 14.5. The summed E-state index contributed by atoms with van der Waals surface area (Å²) in [7, 11) is 0. The number of hydrogen-bond donors (Lipinski definition) is 1. The number of nitro groups is 1. The molecule has 1 atom stereocenters. The first-order valence-corrected chi connectivity index (χ1v) is 5.88. The van der Waals surface area contributed by atoms with Gasteiger partial charge in [0.25, 0.3) is 0 Å². The SMILES string of the molecule is CC1CN(c2cccc(Cl)c2[N+](=O)[O-])CCN1. The van der Waals surface area contributed by atoms with Crippen LogP contribution in [0.25, 0.3) is 0 Å². The van der Waals surface area contributed by atoms with E-state index in [4.69, 9.17) is 11.6 Å². The molecule has 5 nitrogen and oxygen atoms in total. The van der Waals surface area contributed by atoms with Gasteiger partial charge in [-0.05, 0) is 19.1 Å². The van der Waals surface area contributed by atoms with Gasteiger partial charge in [-0.2, -0.15) is 0 Å².